The fourth-order valence-electron chi connectivity index (χ4n) is 2.70. The maximum atomic E-state index is 12.1. The second kappa shape index (κ2) is 6.60. The highest BCUT2D eigenvalue weighted by Gasteiger charge is 2.16. The predicted molar refractivity (Wildman–Crippen MR) is 81.7 cm³/mol. The molecule has 1 aromatic heterocycles. The van der Waals surface area contributed by atoms with Gasteiger partial charge in [-0.1, -0.05) is 11.2 Å². The maximum absolute atomic E-state index is 12.1. The largest absolute Gasteiger partial charge is 0.345 e. The van der Waals surface area contributed by atoms with Crippen molar-refractivity contribution in [2.24, 2.45) is 0 Å². The van der Waals surface area contributed by atoms with Gasteiger partial charge < -0.3 is 15.2 Å². The third kappa shape index (κ3) is 3.56. The zero-order valence-electron chi connectivity index (χ0n) is 12.8. The van der Waals surface area contributed by atoms with E-state index in [1.54, 1.807) is 13.0 Å². The molecule has 0 radical (unpaired) electrons. The van der Waals surface area contributed by atoms with Crippen molar-refractivity contribution in [3.63, 3.8) is 0 Å². The van der Waals surface area contributed by atoms with Gasteiger partial charge in [-0.05, 0) is 49.4 Å². The summed E-state index contributed by atoms with van der Waals surface area (Å²) >= 11 is 0. The first-order valence-electron chi connectivity index (χ1n) is 7.59. The van der Waals surface area contributed by atoms with Crippen LogP contribution in [-0.2, 0) is 17.6 Å². The minimum absolute atomic E-state index is 0.0991. The van der Waals surface area contributed by atoms with Crippen LogP contribution in [0, 0.1) is 0 Å². The molecule has 23 heavy (non-hydrogen) atoms. The zero-order valence-corrected chi connectivity index (χ0v) is 12.8. The number of carbonyl (C=O) groups excluding carboxylic acids is 2. The Hall–Kier alpha value is -2.70. The van der Waals surface area contributed by atoms with Crippen LogP contribution in [0.25, 0.3) is 0 Å². The van der Waals surface area contributed by atoms with Gasteiger partial charge in [0.25, 0.3) is 5.91 Å². The summed E-state index contributed by atoms with van der Waals surface area (Å²) in [7, 11) is 0. The third-order valence-corrected chi connectivity index (χ3v) is 3.91. The van der Waals surface area contributed by atoms with E-state index in [0.29, 0.717) is 11.4 Å². The van der Waals surface area contributed by atoms with Crippen LogP contribution >= 0.6 is 0 Å². The summed E-state index contributed by atoms with van der Waals surface area (Å²) in [5.41, 5.74) is 3.13. The van der Waals surface area contributed by atoms with E-state index in [9.17, 15) is 9.59 Å². The lowest BCUT2D eigenvalue weighted by Gasteiger charge is -2.11. The number of carbonyl (C=O) groups is 2. The first kappa shape index (κ1) is 15.2. The molecule has 1 aromatic carbocycles. The highest BCUT2D eigenvalue weighted by atomic mass is 16.5. The normalized spacial score (nSPS) is 14.1. The number of hydrogen-bond acceptors (Lipinski definition) is 5. The zero-order chi connectivity index (χ0) is 16.2. The molecule has 0 saturated carbocycles. The Labute approximate surface area is 133 Å². The van der Waals surface area contributed by atoms with Gasteiger partial charge in [-0.15, -0.1) is 0 Å². The van der Waals surface area contributed by atoms with Crippen LogP contribution in [0.15, 0.2) is 29.1 Å². The van der Waals surface area contributed by atoms with E-state index in [0.717, 1.165) is 19.3 Å². The van der Waals surface area contributed by atoms with E-state index >= 15 is 0 Å². The molecule has 0 spiro atoms. The average molecular weight is 314 g/mol. The van der Waals surface area contributed by atoms with Gasteiger partial charge in [0.1, 0.15) is 0 Å². The van der Waals surface area contributed by atoms with Crippen molar-refractivity contribution in [2.75, 3.05) is 6.54 Å². The number of aromatic nitrogens is 2. The molecule has 1 atom stereocenters. The molecule has 2 amide bonds. The fraction of sp³-hybridized carbons (Fsp3) is 0.375. The van der Waals surface area contributed by atoms with Gasteiger partial charge in [-0.2, -0.15) is 4.98 Å². The van der Waals surface area contributed by atoms with Crippen molar-refractivity contribution in [1.82, 2.24) is 20.8 Å². The number of benzene rings is 1. The Balaban J connectivity index is 1.51. The molecule has 1 aliphatic rings. The van der Waals surface area contributed by atoms with E-state index in [4.69, 9.17) is 0 Å². The quantitative estimate of drug-likeness (QED) is 0.863. The summed E-state index contributed by atoms with van der Waals surface area (Å²) in [4.78, 5) is 27.9. The molecule has 0 fully saturated rings. The molecule has 7 heteroatoms. The molecule has 0 aliphatic heterocycles. The number of rotatable bonds is 5. The van der Waals surface area contributed by atoms with E-state index in [2.05, 4.69) is 25.3 Å². The highest BCUT2D eigenvalue weighted by molar-refractivity contribution is 5.96. The summed E-state index contributed by atoms with van der Waals surface area (Å²) in [5, 5.41) is 8.97. The lowest BCUT2D eigenvalue weighted by atomic mass is 10.1. The monoisotopic (exact) mass is 314 g/mol. The topological polar surface area (TPSA) is 97.1 Å². The number of fused-ring (bicyclic) bond motifs is 1. The van der Waals surface area contributed by atoms with Gasteiger partial charge in [0.05, 0.1) is 12.6 Å². The minimum atomic E-state index is -0.377. The third-order valence-electron chi connectivity index (χ3n) is 3.91. The summed E-state index contributed by atoms with van der Waals surface area (Å²) in [5.74, 6) is -0.165. The summed E-state index contributed by atoms with van der Waals surface area (Å²) in [6.45, 7) is 1.64. The fourth-order valence-corrected chi connectivity index (χ4v) is 2.70. The summed E-state index contributed by atoms with van der Waals surface area (Å²) < 4.78 is 4.63. The Bertz CT molecular complexity index is 712. The van der Waals surface area contributed by atoms with Crippen LogP contribution in [0.3, 0.4) is 0 Å². The van der Waals surface area contributed by atoms with Crippen molar-refractivity contribution < 1.29 is 14.1 Å². The van der Waals surface area contributed by atoms with Crippen LogP contribution in [0.5, 0.6) is 0 Å². The van der Waals surface area contributed by atoms with Gasteiger partial charge in [0.15, 0.2) is 5.82 Å². The second-order valence-electron chi connectivity index (χ2n) is 5.60. The Morgan fingerprint density at radius 2 is 2.13 bits per heavy atom. The summed E-state index contributed by atoms with van der Waals surface area (Å²) in [6.07, 6.45) is 4.43. The molecule has 1 aliphatic carbocycles. The SMILES string of the molecule is C[C@@H](NC(=O)CNC(=O)c1ccc2c(c1)CCC2)c1ncon1. The van der Waals surface area contributed by atoms with Crippen molar-refractivity contribution in [2.45, 2.75) is 32.2 Å². The number of amides is 2. The van der Waals surface area contributed by atoms with Gasteiger partial charge in [-0.3, -0.25) is 9.59 Å². The summed E-state index contributed by atoms with van der Waals surface area (Å²) in [6, 6.07) is 5.34. The minimum Gasteiger partial charge on any atom is -0.345 e. The van der Waals surface area contributed by atoms with Gasteiger partial charge in [0.2, 0.25) is 12.3 Å². The Kier molecular flexibility index (Phi) is 4.36. The first-order valence-corrected chi connectivity index (χ1v) is 7.59. The van der Waals surface area contributed by atoms with Crippen LogP contribution in [0.1, 0.15) is 46.7 Å². The molecule has 2 N–H and O–H groups in total. The molecule has 2 aromatic rings. The molecular formula is C16H18N4O3. The second-order valence-corrected chi connectivity index (χ2v) is 5.60. The molecule has 7 nitrogen and oxygen atoms in total. The first-order chi connectivity index (χ1) is 11.1. The molecule has 0 unspecified atom stereocenters. The molecule has 1 heterocycles. The maximum Gasteiger partial charge on any atom is 0.251 e. The van der Waals surface area contributed by atoms with E-state index < -0.39 is 0 Å². The molecule has 3 rings (SSSR count). The van der Waals surface area contributed by atoms with E-state index in [-0.39, 0.29) is 24.4 Å². The van der Waals surface area contributed by atoms with Gasteiger partial charge in [0, 0.05) is 5.56 Å². The lowest BCUT2D eigenvalue weighted by Crippen LogP contribution is -2.38. The Morgan fingerprint density at radius 1 is 1.30 bits per heavy atom. The molecule has 0 bridgehead atoms. The van der Waals surface area contributed by atoms with E-state index in [1.807, 2.05) is 12.1 Å². The number of nitrogens with one attached hydrogen (secondary N) is 2. The van der Waals surface area contributed by atoms with Crippen molar-refractivity contribution in [3.8, 4) is 0 Å². The number of hydrogen-bond donors (Lipinski definition) is 2. The molecule has 120 valence electrons. The Morgan fingerprint density at radius 3 is 2.91 bits per heavy atom. The van der Waals surface area contributed by atoms with Crippen molar-refractivity contribution in [3.05, 3.63) is 47.1 Å². The molecular weight excluding hydrogens is 296 g/mol. The van der Waals surface area contributed by atoms with Crippen LogP contribution < -0.4 is 10.6 Å². The smallest absolute Gasteiger partial charge is 0.251 e. The van der Waals surface area contributed by atoms with Gasteiger partial charge >= 0.3 is 0 Å². The lowest BCUT2D eigenvalue weighted by molar-refractivity contribution is -0.120. The van der Waals surface area contributed by atoms with Crippen LogP contribution in [0.2, 0.25) is 0 Å². The molecule has 0 saturated heterocycles. The standard InChI is InChI=1S/C16H18N4O3/c1-10(15-18-9-23-20-15)19-14(21)8-17-16(22)13-6-5-11-3-2-4-12(11)7-13/h5-7,9-10H,2-4,8H2,1H3,(H,17,22)(H,19,21)/t10-/m1/s1. The van der Waals surface area contributed by atoms with Gasteiger partial charge in [-0.25, -0.2) is 0 Å². The van der Waals surface area contributed by atoms with Crippen LogP contribution in [-0.4, -0.2) is 28.5 Å². The number of aryl methyl sites for hydroxylation is 2. The van der Waals surface area contributed by atoms with Crippen molar-refractivity contribution in [1.29, 1.82) is 0 Å². The average Bonchev–Trinajstić information content (AvgIpc) is 3.22. The highest BCUT2D eigenvalue weighted by Crippen LogP contribution is 2.22. The predicted octanol–water partition coefficient (Wildman–Crippen LogP) is 1.17. The van der Waals surface area contributed by atoms with Crippen LogP contribution in [0.4, 0.5) is 0 Å². The van der Waals surface area contributed by atoms with E-state index in [1.165, 1.54) is 17.5 Å². The van der Waals surface area contributed by atoms with Crippen molar-refractivity contribution >= 4 is 11.8 Å². The number of nitrogens with zero attached hydrogens (tertiary/aromatic N) is 2.